The second-order valence-electron chi connectivity index (χ2n) is 6.24. The van der Waals surface area contributed by atoms with Crippen LogP contribution >= 0.6 is 27.3 Å². The van der Waals surface area contributed by atoms with Gasteiger partial charge in [0, 0.05) is 11.5 Å². The number of thiophene rings is 1. The molecule has 7 nitrogen and oxygen atoms in total. The van der Waals surface area contributed by atoms with E-state index in [9.17, 15) is 14.4 Å². The molecule has 9 heteroatoms. The normalized spacial score (nSPS) is 10.4. The third-order valence-electron chi connectivity index (χ3n) is 3.97. The molecule has 0 aliphatic heterocycles. The van der Waals surface area contributed by atoms with Crippen LogP contribution in [0, 0.1) is 6.92 Å². The number of benzene rings is 1. The molecule has 3 aromatic rings. The smallest absolute Gasteiger partial charge is 0.291 e. The monoisotopic (exact) mass is 475 g/mol. The molecule has 0 fully saturated rings. The molecule has 0 spiro atoms. The van der Waals surface area contributed by atoms with Gasteiger partial charge in [0.15, 0.2) is 5.76 Å². The van der Waals surface area contributed by atoms with Gasteiger partial charge < -0.3 is 20.0 Å². The molecule has 3 rings (SSSR count). The van der Waals surface area contributed by atoms with E-state index in [0.717, 1.165) is 15.8 Å². The number of carbonyl (C=O) groups is 3. The summed E-state index contributed by atoms with van der Waals surface area (Å²) in [7, 11) is 1.56. The largest absolute Gasteiger partial charge is 0.459 e. The van der Waals surface area contributed by atoms with E-state index >= 15 is 0 Å². The predicted molar refractivity (Wildman–Crippen MR) is 115 cm³/mol. The number of aryl methyl sites for hydroxylation is 1. The quantitative estimate of drug-likeness (QED) is 0.553. The third-order valence-corrected chi connectivity index (χ3v) is 5.80. The first kappa shape index (κ1) is 20.8. The summed E-state index contributed by atoms with van der Waals surface area (Å²) >= 11 is 4.52. The molecule has 0 unspecified atom stereocenters. The lowest BCUT2D eigenvalue weighted by Gasteiger charge is -2.17. The van der Waals surface area contributed by atoms with E-state index in [2.05, 4.69) is 26.6 Å². The molecule has 2 aromatic heterocycles. The molecule has 0 saturated carbocycles. The molecule has 0 aliphatic carbocycles. The number of furan rings is 1. The first-order chi connectivity index (χ1) is 13.8. The van der Waals surface area contributed by atoms with Gasteiger partial charge in [0.25, 0.3) is 11.8 Å². The zero-order valence-electron chi connectivity index (χ0n) is 15.7. The second kappa shape index (κ2) is 9.06. The zero-order chi connectivity index (χ0) is 21.0. The molecular formula is C20H18BrN3O4S. The summed E-state index contributed by atoms with van der Waals surface area (Å²) in [4.78, 5) is 38.9. The lowest BCUT2D eigenvalue weighted by Crippen LogP contribution is -2.34. The summed E-state index contributed by atoms with van der Waals surface area (Å²) in [5.74, 6) is -0.817. The van der Waals surface area contributed by atoms with Gasteiger partial charge in [-0.3, -0.25) is 14.4 Å². The van der Waals surface area contributed by atoms with E-state index in [-0.39, 0.29) is 24.1 Å². The van der Waals surface area contributed by atoms with E-state index in [1.165, 1.54) is 11.2 Å². The number of rotatable bonds is 6. The molecule has 0 saturated heterocycles. The number of nitrogens with one attached hydrogen (secondary N) is 2. The Labute approximate surface area is 179 Å². The summed E-state index contributed by atoms with van der Waals surface area (Å²) in [6.45, 7) is 1.67. The lowest BCUT2D eigenvalue weighted by atomic mass is 10.2. The number of amides is 3. The van der Waals surface area contributed by atoms with Gasteiger partial charge in [-0.15, -0.1) is 11.3 Å². The number of likely N-dealkylation sites (N-methyl/N-ethyl adjacent to an activating group) is 1. The van der Waals surface area contributed by atoms with E-state index < -0.39 is 5.91 Å². The Morgan fingerprint density at radius 2 is 1.90 bits per heavy atom. The van der Waals surface area contributed by atoms with E-state index in [1.807, 2.05) is 18.2 Å². The van der Waals surface area contributed by atoms with E-state index in [4.69, 9.17) is 4.42 Å². The van der Waals surface area contributed by atoms with E-state index in [0.29, 0.717) is 21.1 Å². The highest BCUT2D eigenvalue weighted by atomic mass is 79.9. The first-order valence-corrected chi connectivity index (χ1v) is 10.2. The van der Waals surface area contributed by atoms with Crippen LogP contribution in [0.15, 0.2) is 57.6 Å². The van der Waals surface area contributed by atoms with Crippen molar-refractivity contribution in [3.05, 3.63) is 69.4 Å². The molecule has 2 N–H and O–H groups in total. The van der Waals surface area contributed by atoms with Gasteiger partial charge >= 0.3 is 0 Å². The zero-order valence-corrected chi connectivity index (χ0v) is 18.1. The fraction of sp³-hybridized carbons (Fsp3) is 0.150. The van der Waals surface area contributed by atoms with Crippen LogP contribution < -0.4 is 10.6 Å². The first-order valence-electron chi connectivity index (χ1n) is 8.60. The Balaban J connectivity index is 1.63. The van der Waals surface area contributed by atoms with Crippen LogP contribution in [-0.2, 0) is 4.79 Å². The molecule has 0 bridgehead atoms. The number of halogens is 1. The van der Waals surface area contributed by atoms with Crippen molar-refractivity contribution in [3.63, 3.8) is 0 Å². The highest BCUT2D eigenvalue weighted by molar-refractivity contribution is 9.10. The van der Waals surface area contributed by atoms with Gasteiger partial charge in [0.1, 0.15) is 0 Å². The molecule has 1 aromatic carbocycles. The van der Waals surface area contributed by atoms with Gasteiger partial charge in [-0.1, -0.05) is 12.1 Å². The van der Waals surface area contributed by atoms with Crippen LogP contribution in [-0.4, -0.2) is 36.2 Å². The summed E-state index contributed by atoms with van der Waals surface area (Å²) in [6.07, 6.45) is 1.41. The molecule has 2 heterocycles. The van der Waals surface area contributed by atoms with Crippen molar-refractivity contribution in [2.24, 2.45) is 0 Å². The Hall–Kier alpha value is -2.91. The molecule has 3 amide bonds. The maximum absolute atomic E-state index is 12.8. The molecule has 0 aliphatic rings. The van der Waals surface area contributed by atoms with Gasteiger partial charge in [-0.25, -0.2) is 0 Å². The van der Waals surface area contributed by atoms with Crippen molar-refractivity contribution in [3.8, 4) is 0 Å². The van der Waals surface area contributed by atoms with Gasteiger partial charge in [0.2, 0.25) is 5.91 Å². The van der Waals surface area contributed by atoms with Crippen LogP contribution in [0.25, 0.3) is 0 Å². The van der Waals surface area contributed by atoms with Crippen molar-refractivity contribution >= 4 is 55.7 Å². The molecule has 0 radical (unpaired) electrons. The molecule has 0 atom stereocenters. The fourth-order valence-electron chi connectivity index (χ4n) is 2.55. The Morgan fingerprint density at radius 3 is 2.59 bits per heavy atom. The fourth-order valence-corrected chi connectivity index (χ4v) is 4.00. The van der Waals surface area contributed by atoms with Crippen LogP contribution in [0.4, 0.5) is 10.7 Å². The van der Waals surface area contributed by atoms with Crippen LogP contribution in [0.3, 0.4) is 0 Å². The van der Waals surface area contributed by atoms with Crippen molar-refractivity contribution in [2.45, 2.75) is 6.92 Å². The minimum Gasteiger partial charge on any atom is -0.459 e. The minimum atomic E-state index is -0.392. The number of hydrogen-bond donors (Lipinski definition) is 2. The maximum atomic E-state index is 12.8. The van der Waals surface area contributed by atoms with Crippen molar-refractivity contribution in [1.82, 2.24) is 4.90 Å². The predicted octanol–water partition coefficient (Wildman–Crippen LogP) is 4.38. The molecule has 29 heavy (non-hydrogen) atoms. The lowest BCUT2D eigenvalue weighted by molar-refractivity contribution is -0.116. The molecular weight excluding hydrogens is 458 g/mol. The van der Waals surface area contributed by atoms with Gasteiger partial charge in [-0.05, 0) is 58.7 Å². The average Bonchev–Trinajstić information content (AvgIpc) is 3.33. The Bertz CT molecular complexity index is 1050. The number of carbonyl (C=O) groups excluding carboxylic acids is 3. The van der Waals surface area contributed by atoms with Gasteiger partial charge in [-0.2, -0.15) is 0 Å². The summed E-state index contributed by atoms with van der Waals surface area (Å²) in [5, 5.41) is 6.00. The van der Waals surface area contributed by atoms with Crippen LogP contribution in [0.5, 0.6) is 0 Å². The van der Waals surface area contributed by atoms with E-state index in [1.54, 1.807) is 38.2 Å². The summed E-state index contributed by atoms with van der Waals surface area (Å²) < 4.78 is 5.82. The standard InChI is InChI=1S/C20H18BrN3O4S/c1-12-10-17(23-19(26)15-8-5-9-28-15)29-18(12)20(27)24(2)11-16(25)22-14-7-4-3-6-13(14)21/h3-10H,11H2,1-2H3,(H,22,25)(H,23,26). The van der Waals surface area contributed by atoms with Crippen molar-refractivity contribution in [1.29, 1.82) is 0 Å². The van der Waals surface area contributed by atoms with Gasteiger partial charge in [0.05, 0.1) is 28.4 Å². The molecule has 150 valence electrons. The van der Waals surface area contributed by atoms with Crippen molar-refractivity contribution in [2.75, 3.05) is 24.2 Å². The Morgan fingerprint density at radius 1 is 1.14 bits per heavy atom. The topological polar surface area (TPSA) is 91.7 Å². The Kier molecular flexibility index (Phi) is 6.50. The summed E-state index contributed by atoms with van der Waals surface area (Å²) in [5.41, 5.74) is 1.35. The summed E-state index contributed by atoms with van der Waals surface area (Å²) in [6, 6.07) is 12.1. The third kappa shape index (κ3) is 5.12. The maximum Gasteiger partial charge on any atom is 0.291 e. The number of anilines is 2. The highest BCUT2D eigenvalue weighted by Crippen LogP contribution is 2.28. The van der Waals surface area contributed by atoms with Crippen LogP contribution in [0.1, 0.15) is 25.8 Å². The van der Waals surface area contributed by atoms with Crippen molar-refractivity contribution < 1.29 is 18.8 Å². The minimum absolute atomic E-state index is 0.106. The average molecular weight is 476 g/mol. The number of hydrogen-bond acceptors (Lipinski definition) is 5. The SMILES string of the molecule is Cc1cc(NC(=O)c2ccco2)sc1C(=O)N(C)CC(=O)Nc1ccccc1Br. The van der Waals surface area contributed by atoms with Crippen LogP contribution in [0.2, 0.25) is 0 Å². The highest BCUT2D eigenvalue weighted by Gasteiger charge is 2.21. The number of nitrogens with zero attached hydrogens (tertiary/aromatic N) is 1. The second-order valence-corrected chi connectivity index (χ2v) is 8.15. The number of para-hydroxylation sites is 1.